The average molecular weight is 517 g/mol. The number of aromatic amines is 1. The highest BCUT2D eigenvalue weighted by atomic mass is 32.1. The molecule has 4 rings (SSSR count). The third-order valence-electron chi connectivity index (χ3n) is 5.86. The Morgan fingerprint density at radius 3 is 2.78 bits per heavy atom. The summed E-state index contributed by atoms with van der Waals surface area (Å²) in [6.45, 7) is 4.37. The normalized spacial score (nSPS) is 15.0. The molecule has 0 bridgehead atoms. The topological polar surface area (TPSA) is 126 Å². The summed E-state index contributed by atoms with van der Waals surface area (Å²) in [4.78, 5) is 29.0. The Morgan fingerprint density at radius 1 is 1.24 bits per heavy atom. The molecule has 1 aromatic carbocycles. The van der Waals surface area contributed by atoms with Gasteiger partial charge in [-0.2, -0.15) is 25.5 Å². The van der Waals surface area contributed by atoms with Crippen molar-refractivity contribution in [1.29, 1.82) is 0 Å². The zero-order chi connectivity index (χ0) is 26.2. The van der Waals surface area contributed by atoms with Crippen molar-refractivity contribution in [3.05, 3.63) is 87.4 Å². The Labute approximate surface area is 218 Å². The van der Waals surface area contributed by atoms with Crippen LogP contribution in [0.4, 0.5) is 0 Å². The number of H-pyrrole nitrogens is 1. The van der Waals surface area contributed by atoms with E-state index in [0.29, 0.717) is 42.6 Å². The van der Waals surface area contributed by atoms with E-state index in [9.17, 15) is 14.7 Å². The number of amides is 1. The monoisotopic (exact) mass is 516 g/mol. The van der Waals surface area contributed by atoms with Crippen LogP contribution < -0.4 is 4.80 Å². The lowest BCUT2D eigenvalue weighted by Gasteiger charge is -2.08. The van der Waals surface area contributed by atoms with E-state index in [1.807, 2.05) is 68.5 Å². The molecule has 0 aliphatic heterocycles. The van der Waals surface area contributed by atoms with E-state index in [0.717, 1.165) is 27.4 Å². The highest BCUT2D eigenvalue weighted by Crippen LogP contribution is 2.28. The number of aromatic nitrogens is 5. The van der Waals surface area contributed by atoms with Crippen molar-refractivity contribution in [1.82, 2.24) is 25.2 Å². The predicted molar refractivity (Wildman–Crippen MR) is 142 cm³/mol. The van der Waals surface area contributed by atoms with E-state index < -0.39 is 11.9 Å². The van der Waals surface area contributed by atoms with Crippen LogP contribution in [-0.2, 0) is 22.6 Å². The molecule has 2 aromatic heterocycles. The van der Waals surface area contributed by atoms with Gasteiger partial charge in [0, 0.05) is 16.7 Å². The Bertz CT molecular complexity index is 1470. The number of carboxylic acids is 1. The second-order valence-electron chi connectivity index (χ2n) is 8.30. The zero-order valence-electron chi connectivity index (χ0n) is 20.7. The molecular formula is C27H28N6O3S. The second kappa shape index (κ2) is 12.2. The quantitative estimate of drug-likeness (QED) is 0.403. The highest BCUT2D eigenvalue weighted by Gasteiger charge is 2.25. The first-order chi connectivity index (χ1) is 18.0. The molecule has 10 heteroatoms. The molecule has 0 atom stereocenters. The summed E-state index contributed by atoms with van der Waals surface area (Å²) in [7, 11) is 0. The van der Waals surface area contributed by atoms with Gasteiger partial charge in [0.15, 0.2) is 0 Å². The van der Waals surface area contributed by atoms with E-state index in [4.69, 9.17) is 0 Å². The molecule has 2 heterocycles. The molecule has 0 saturated heterocycles. The van der Waals surface area contributed by atoms with Crippen molar-refractivity contribution in [2.45, 2.75) is 46.1 Å². The summed E-state index contributed by atoms with van der Waals surface area (Å²) in [5, 5.41) is 25.6. The molecular weight excluding hydrogens is 488 g/mol. The maximum atomic E-state index is 12.8. The maximum absolute atomic E-state index is 12.8. The number of aliphatic carboxylic acids is 1. The molecule has 0 fully saturated rings. The van der Waals surface area contributed by atoms with Crippen LogP contribution in [0, 0.1) is 0 Å². The molecule has 0 saturated carbocycles. The number of hydrogen-bond donors (Lipinski definition) is 2. The number of nitrogens with zero attached hydrogens (tertiary/aromatic N) is 5. The SMILES string of the molecule is C\C=C/C(=C\C=C\Cn1nc(CC)sc1=NC(=O)C1=C(C(=O)O)CCC1)c1ccccc1-c1cn[nH]n1. The molecule has 2 N–H and O–H groups in total. The van der Waals surface area contributed by atoms with Gasteiger partial charge in [-0.3, -0.25) is 4.79 Å². The van der Waals surface area contributed by atoms with E-state index in [1.54, 1.807) is 10.9 Å². The van der Waals surface area contributed by atoms with Gasteiger partial charge in [-0.1, -0.05) is 72.9 Å². The van der Waals surface area contributed by atoms with E-state index in [-0.39, 0.29) is 5.57 Å². The lowest BCUT2D eigenvalue weighted by Crippen LogP contribution is -2.18. The van der Waals surface area contributed by atoms with E-state index in [2.05, 4.69) is 25.5 Å². The molecule has 1 amide bonds. The third-order valence-corrected chi connectivity index (χ3v) is 6.95. The van der Waals surface area contributed by atoms with Crippen molar-refractivity contribution >= 4 is 28.8 Å². The summed E-state index contributed by atoms with van der Waals surface area (Å²) in [6.07, 6.45) is 13.8. The standard InChI is InChI=1S/C27H28N6O3S/c1-3-10-18(19-12-5-6-13-20(19)23-17-28-32-30-23)11-7-8-16-33-27(37-24(4-2)31-33)29-25(34)21-14-9-15-22(21)26(35)36/h3,5-8,10-13,17H,4,9,14-16H2,1-2H3,(H,35,36)(H,28,30,32)/b8-7+,10-3-,18-11+,29-27?. The predicted octanol–water partition coefficient (Wildman–Crippen LogP) is 4.50. The van der Waals surface area contributed by atoms with Gasteiger partial charge >= 0.3 is 5.97 Å². The summed E-state index contributed by atoms with van der Waals surface area (Å²) >= 11 is 1.34. The van der Waals surface area contributed by atoms with Crippen LogP contribution in [0.2, 0.25) is 0 Å². The fourth-order valence-corrected chi connectivity index (χ4v) is 4.95. The largest absolute Gasteiger partial charge is 0.478 e. The number of hydrogen-bond acceptors (Lipinski definition) is 6. The third kappa shape index (κ3) is 6.15. The number of nitrogens with one attached hydrogen (secondary N) is 1. The molecule has 0 spiro atoms. The first-order valence-electron chi connectivity index (χ1n) is 12.1. The van der Waals surface area contributed by atoms with Crippen LogP contribution >= 0.6 is 11.3 Å². The minimum absolute atomic E-state index is 0.174. The second-order valence-corrected chi connectivity index (χ2v) is 9.34. The van der Waals surface area contributed by atoms with Gasteiger partial charge in [0.1, 0.15) is 10.7 Å². The van der Waals surface area contributed by atoms with Gasteiger partial charge in [-0.25, -0.2) is 9.48 Å². The number of benzene rings is 1. The number of carbonyl (C=O) groups excluding carboxylic acids is 1. The number of rotatable bonds is 9. The average Bonchev–Trinajstić information content (AvgIpc) is 3.67. The van der Waals surface area contributed by atoms with Crippen molar-refractivity contribution in [2.24, 2.45) is 4.99 Å². The molecule has 1 aliphatic carbocycles. The Morgan fingerprint density at radius 2 is 2.05 bits per heavy atom. The van der Waals surface area contributed by atoms with Crippen LogP contribution in [0.5, 0.6) is 0 Å². The fourth-order valence-electron chi connectivity index (χ4n) is 4.10. The molecule has 9 nitrogen and oxygen atoms in total. The van der Waals surface area contributed by atoms with E-state index in [1.165, 1.54) is 11.3 Å². The number of aryl methyl sites for hydroxylation is 1. The number of carboxylic acid groups (broad SMARTS) is 1. The maximum Gasteiger partial charge on any atom is 0.332 e. The number of carbonyl (C=O) groups is 2. The Balaban J connectivity index is 1.60. The van der Waals surface area contributed by atoms with Crippen LogP contribution in [0.3, 0.4) is 0 Å². The summed E-state index contributed by atoms with van der Waals surface area (Å²) < 4.78 is 1.68. The minimum Gasteiger partial charge on any atom is -0.478 e. The number of allylic oxidation sites excluding steroid dienone is 6. The van der Waals surface area contributed by atoms with Gasteiger partial charge in [-0.15, -0.1) is 0 Å². The molecule has 0 radical (unpaired) electrons. The van der Waals surface area contributed by atoms with Crippen LogP contribution in [0.1, 0.15) is 43.7 Å². The molecule has 3 aromatic rings. The summed E-state index contributed by atoms with van der Waals surface area (Å²) in [6, 6.07) is 8.00. The van der Waals surface area contributed by atoms with Crippen LogP contribution in [0.25, 0.3) is 16.8 Å². The molecule has 1 aliphatic rings. The lowest BCUT2D eigenvalue weighted by atomic mass is 9.97. The van der Waals surface area contributed by atoms with Crippen LogP contribution in [0.15, 0.2) is 77.0 Å². The summed E-state index contributed by atoms with van der Waals surface area (Å²) in [5.74, 6) is -1.53. The van der Waals surface area contributed by atoms with E-state index >= 15 is 0 Å². The Hall–Kier alpha value is -4.18. The summed E-state index contributed by atoms with van der Waals surface area (Å²) in [5.41, 5.74) is 4.23. The highest BCUT2D eigenvalue weighted by molar-refractivity contribution is 7.08. The molecule has 0 unspecified atom stereocenters. The van der Waals surface area contributed by atoms with Crippen molar-refractivity contribution < 1.29 is 14.7 Å². The minimum atomic E-state index is -1.04. The first-order valence-corrected chi connectivity index (χ1v) is 12.9. The fraction of sp³-hybridized carbons (Fsp3) is 0.259. The van der Waals surface area contributed by atoms with Gasteiger partial charge < -0.3 is 5.11 Å². The van der Waals surface area contributed by atoms with Crippen LogP contribution in [-0.4, -0.2) is 42.2 Å². The van der Waals surface area contributed by atoms with Gasteiger partial charge in [-0.05, 0) is 43.7 Å². The van der Waals surface area contributed by atoms with Gasteiger partial charge in [0.2, 0.25) is 4.80 Å². The first kappa shape index (κ1) is 25.9. The van der Waals surface area contributed by atoms with Gasteiger partial charge in [0.05, 0.1) is 12.7 Å². The van der Waals surface area contributed by atoms with Crippen molar-refractivity contribution in [3.63, 3.8) is 0 Å². The lowest BCUT2D eigenvalue weighted by molar-refractivity contribution is -0.133. The zero-order valence-corrected chi connectivity index (χ0v) is 21.5. The van der Waals surface area contributed by atoms with Gasteiger partial charge in [0.25, 0.3) is 5.91 Å². The molecule has 37 heavy (non-hydrogen) atoms. The van der Waals surface area contributed by atoms with Crippen molar-refractivity contribution in [3.8, 4) is 11.3 Å². The van der Waals surface area contributed by atoms with Crippen molar-refractivity contribution in [2.75, 3.05) is 0 Å². The molecule has 190 valence electrons. The Kier molecular flexibility index (Phi) is 8.52. The smallest absolute Gasteiger partial charge is 0.332 e.